The molecular formula is C16H11ClN2O5. The molecule has 0 fully saturated rings. The van der Waals surface area contributed by atoms with Gasteiger partial charge in [-0.25, -0.2) is 0 Å². The van der Waals surface area contributed by atoms with Crippen LogP contribution in [0.4, 0.5) is 11.4 Å². The second kappa shape index (κ2) is 5.70. The molecule has 1 amide bonds. The summed E-state index contributed by atoms with van der Waals surface area (Å²) < 4.78 is 0. The molecule has 0 radical (unpaired) electrons. The number of benzene rings is 2. The Bertz CT molecular complexity index is 883. The first-order valence-electron chi connectivity index (χ1n) is 6.93. The van der Waals surface area contributed by atoms with Crippen LogP contribution in [-0.2, 0) is 10.4 Å². The normalized spacial score (nSPS) is 18.8. The molecule has 2 aromatic rings. The average Bonchev–Trinajstić information content (AvgIpc) is 2.79. The smallest absolute Gasteiger partial charge is 0.270 e. The number of amides is 1. The fourth-order valence-electron chi connectivity index (χ4n) is 2.62. The Labute approximate surface area is 141 Å². The van der Waals surface area contributed by atoms with Crippen molar-refractivity contribution in [1.82, 2.24) is 0 Å². The van der Waals surface area contributed by atoms with Crippen LogP contribution in [0.15, 0.2) is 42.5 Å². The number of hydrogen-bond acceptors (Lipinski definition) is 5. The van der Waals surface area contributed by atoms with Crippen molar-refractivity contribution in [2.45, 2.75) is 12.0 Å². The van der Waals surface area contributed by atoms with Crippen LogP contribution in [0.1, 0.15) is 22.3 Å². The standard InChI is InChI=1S/C16H11ClN2O5/c17-10-4-5-13-12(7-10)16(22,15(21)18-13)8-14(20)9-2-1-3-11(6-9)19(23)24/h1-7,22H,8H2,(H,18,21). The van der Waals surface area contributed by atoms with Gasteiger partial charge in [0.2, 0.25) is 0 Å². The Kier molecular flexibility index (Phi) is 3.82. The lowest BCUT2D eigenvalue weighted by Crippen LogP contribution is -2.36. The second-order valence-electron chi connectivity index (χ2n) is 5.41. The monoisotopic (exact) mass is 346 g/mol. The van der Waals surface area contributed by atoms with E-state index in [0.717, 1.165) is 6.07 Å². The van der Waals surface area contributed by atoms with E-state index in [1.54, 1.807) is 6.07 Å². The molecule has 8 heteroatoms. The van der Waals surface area contributed by atoms with Gasteiger partial charge in [-0.15, -0.1) is 0 Å². The maximum Gasteiger partial charge on any atom is 0.270 e. The van der Waals surface area contributed by atoms with Gasteiger partial charge in [0.25, 0.3) is 11.6 Å². The van der Waals surface area contributed by atoms with Gasteiger partial charge in [-0.3, -0.25) is 19.7 Å². The minimum atomic E-state index is -2.07. The molecule has 3 rings (SSSR count). The minimum absolute atomic E-state index is 0.0425. The minimum Gasteiger partial charge on any atom is -0.375 e. The van der Waals surface area contributed by atoms with Crippen molar-refractivity contribution in [1.29, 1.82) is 0 Å². The highest BCUT2D eigenvalue weighted by molar-refractivity contribution is 6.31. The molecule has 2 N–H and O–H groups in total. The van der Waals surface area contributed by atoms with Crippen molar-refractivity contribution in [3.05, 3.63) is 68.7 Å². The quantitative estimate of drug-likeness (QED) is 0.502. The Morgan fingerprint density at radius 2 is 2.04 bits per heavy atom. The maximum atomic E-state index is 12.4. The van der Waals surface area contributed by atoms with Gasteiger partial charge in [-0.2, -0.15) is 0 Å². The number of non-ortho nitro benzene ring substituents is 1. The van der Waals surface area contributed by atoms with Gasteiger partial charge in [0.1, 0.15) is 0 Å². The topological polar surface area (TPSA) is 110 Å². The van der Waals surface area contributed by atoms with E-state index in [1.807, 2.05) is 0 Å². The molecule has 0 aromatic heterocycles. The number of carbonyl (C=O) groups excluding carboxylic acids is 2. The molecule has 0 saturated heterocycles. The fraction of sp³-hybridized carbons (Fsp3) is 0.125. The van der Waals surface area contributed by atoms with E-state index in [1.165, 1.54) is 30.3 Å². The molecule has 24 heavy (non-hydrogen) atoms. The predicted octanol–water partition coefficient (Wildman–Crippen LogP) is 2.66. The zero-order chi connectivity index (χ0) is 17.5. The fourth-order valence-corrected chi connectivity index (χ4v) is 2.79. The third kappa shape index (κ3) is 2.64. The summed E-state index contributed by atoms with van der Waals surface area (Å²) in [5.41, 5.74) is -1.69. The van der Waals surface area contributed by atoms with Gasteiger partial charge in [0.05, 0.1) is 11.3 Å². The molecule has 2 aromatic carbocycles. The summed E-state index contributed by atoms with van der Waals surface area (Å²) in [7, 11) is 0. The molecule has 1 aliphatic rings. The summed E-state index contributed by atoms with van der Waals surface area (Å²) in [5, 5.41) is 24.3. The van der Waals surface area contributed by atoms with Crippen LogP contribution in [-0.4, -0.2) is 21.7 Å². The van der Waals surface area contributed by atoms with Crippen molar-refractivity contribution in [2.75, 3.05) is 5.32 Å². The van der Waals surface area contributed by atoms with E-state index in [9.17, 15) is 24.8 Å². The number of rotatable bonds is 4. The number of halogens is 1. The number of aliphatic hydroxyl groups is 1. The first-order chi connectivity index (χ1) is 11.3. The lowest BCUT2D eigenvalue weighted by Gasteiger charge is -2.20. The Hall–Kier alpha value is -2.77. The molecule has 0 bridgehead atoms. The van der Waals surface area contributed by atoms with Crippen LogP contribution in [0.3, 0.4) is 0 Å². The number of anilines is 1. The van der Waals surface area contributed by atoms with Crippen LogP contribution in [0, 0.1) is 10.1 Å². The molecular weight excluding hydrogens is 336 g/mol. The highest BCUT2D eigenvalue weighted by atomic mass is 35.5. The number of nitrogens with one attached hydrogen (secondary N) is 1. The lowest BCUT2D eigenvalue weighted by atomic mass is 9.88. The third-order valence-electron chi connectivity index (χ3n) is 3.85. The first-order valence-corrected chi connectivity index (χ1v) is 7.30. The molecule has 0 aliphatic carbocycles. The van der Waals surface area contributed by atoms with Crippen molar-refractivity contribution in [3.8, 4) is 0 Å². The van der Waals surface area contributed by atoms with Crippen molar-refractivity contribution in [3.63, 3.8) is 0 Å². The van der Waals surface area contributed by atoms with E-state index < -0.39 is 28.6 Å². The lowest BCUT2D eigenvalue weighted by molar-refractivity contribution is -0.384. The van der Waals surface area contributed by atoms with Gasteiger partial charge >= 0.3 is 0 Å². The van der Waals surface area contributed by atoms with Crippen LogP contribution >= 0.6 is 11.6 Å². The number of nitrogens with zero attached hydrogens (tertiary/aromatic N) is 1. The summed E-state index contributed by atoms with van der Waals surface area (Å²) >= 11 is 5.90. The second-order valence-corrected chi connectivity index (χ2v) is 5.85. The summed E-state index contributed by atoms with van der Waals surface area (Å²) in [5.74, 6) is -1.33. The van der Waals surface area contributed by atoms with E-state index >= 15 is 0 Å². The largest absolute Gasteiger partial charge is 0.375 e. The van der Waals surface area contributed by atoms with Crippen LogP contribution in [0.2, 0.25) is 5.02 Å². The number of carbonyl (C=O) groups is 2. The summed E-state index contributed by atoms with van der Waals surface area (Å²) in [6, 6.07) is 9.62. The molecule has 7 nitrogen and oxygen atoms in total. The number of nitro groups is 1. The van der Waals surface area contributed by atoms with E-state index in [4.69, 9.17) is 11.6 Å². The zero-order valence-corrected chi connectivity index (χ0v) is 12.9. The molecule has 0 saturated carbocycles. The van der Waals surface area contributed by atoms with Crippen molar-refractivity contribution in [2.24, 2.45) is 0 Å². The predicted molar refractivity (Wildman–Crippen MR) is 86.0 cm³/mol. The zero-order valence-electron chi connectivity index (χ0n) is 12.2. The van der Waals surface area contributed by atoms with E-state index in [0.29, 0.717) is 10.7 Å². The van der Waals surface area contributed by atoms with Crippen LogP contribution in [0.5, 0.6) is 0 Å². The number of Topliss-reactive ketones (excluding diaryl/α,β-unsaturated/α-hetero) is 1. The molecule has 1 atom stereocenters. The Balaban J connectivity index is 1.95. The summed E-state index contributed by atoms with van der Waals surface area (Å²) in [6.45, 7) is 0. The van der Waals surface area contributed by atoms with E-state index in [-0.39, 0.29) is 16.8 Å². The highest BCUT2D eigenvalue weighted by Crippen LogP contribution is 2.40. The number of fused-ring (bicyclic) bond motifs is 1. The van der Waals surface area contributed by atoms with Gasteiger partial charge in [-0.05, 0) is 18.2 Å². The van der Waals surface area contributed by atoms with Crippen LogP contribution in [0.25, 0.3) is 0 Å². The number of ketones is 1. The summed E-state index contributed by atoms with van der Waals surface area (Å²) in [6.07, 6.45) is -0.548. The molecule has 0 spiro atoms. The molecule has 1 unspecified atom stereocenters. The first kappa shape index (κ1) is 16.1. The molecule has 1 aliphatic heterocycles. The van der Waals surface area contributed by atoms with Crippen molar-refractivity contribution >= 4 is 34.7 Å². The Morgan fingerprint density at radius 3 is 2.75 bits per heavy atom. The highest BCUT2D eigenvalue weighted by Gasteiger charge is 2.47. The van der Waals surface area contributed by atoms with Gasteiger partial charge in [0.15, 0.2) is 11.4 Å². The van der Waals surface area contributed by atoms with Crippen LogP contribution < -0.4 is 5.32 Å². The molecule has 122 valence electrons. The van der Waals surface area contributed by atoms with Gasteiger partial charge < -0.3 is 10.4 Å². The summed E-state index contributed by atoms with van der Waals surface area (Å²) in [4.78, 5) is 34.7. The van der Waals surface area contributed by atoms with Crippen molar-refractivity contribution < 1.29 is 19.6 Å². The number of nitro benzene ring substituents is 1. The van der Waals surface area contributed by atoms with Gasteiger partial charge in [-0.1, -0.05) is 23.7 Å². The third-order valence-corrected chi connectivity index (χ3v) is 4.08. The van der Waals surface area contributed by atoms with E-state index in [2.05, 4.69) is 5.32 Å². The average molecular weight is 347 g/mol. The Morgan fingerprint density at radius 1 is 1.29 bits per heavy atom. The van der Waals surface area contributed by atoms with Gasteiger partial charge in [0, 0.05) is 34.0 Å². The number of hydrogen-bond donors (Lipinski definition) is 2. The molecule has 1 heterocycles. The SMILES string of the molecule is O=C(CC1(O)C(=O)Nc2ccc(Cl)cc21)c1cccc([N+](=O)[O-])c1. The maximum absolute atomic E-state index is 12.4.